The summed E-state index contributed by atoms with van der Waals surface area (Å²) in [6.45, 7) is 2.25. The Kier molecular flexibility index (Phi) is 5.62. The van der Waals surface area contributed by atoms with Gasteiger partial charge in [-0.2, -0.15) is 17.2 Å². The van der Waals surface area contributed by atoms with Gasteiger partial charge >= 0.3 is 21.3 Å². The maximum Gasteiger partial charge on any atom is 0.392 e. The minimum atomic E-state index is -5.60. The van der Waals surface area contributed by atoms with Gasteiger partial charge in [-0.25, -0.2) is 4.79 Å². The summed E-state index contributed by atoms with van der Waals surface area (Å²) in [5.74, 6) is -2.37. The smallest absolute Gasteiger partial charge is 0.392 e. The van der Waals surface area contributed by atoms with Gasteiger partial charge < -0.3 is 19.3 Å². The summed E-state index contributed by atoms with van der Waals surface area (Å²) in [5.41, 5.74) is -0.335. The molecule has 2 N–H and O–H groups in total. The number of hydrogen-bond donors (Lipinski definition) is 2. The zero-order valence-electron chi connectivity index (χ0n) is 11.6. The minimum absolute atomic E-state index is 0.0340. The van der Waals surface area contributed by atoms with Crippen LogP contribution in [0.4, 0.5) is 8.78 Å². The van der Waals surface area contributed by atoms with Crippen molar-refractivity contribution in [1.82, 2.24) is 0 Å². The first-order chi connectivity index (χ1) is 9.84. The lowest BCUT2D eigenvalue weighted by Gasteiger charge is -2.15. The molecule has 8 nitrogen and oxygen atoms in total. The third kappa shape index (κ3) is 5.25. The summed E-state index contributed by atoms with van der Waals surface area (Å²) < 4.78 is 68.8. The summed E-state index contributed by atoms with van der Waals surface area (Å²) in [6.07, 6.45) is -0.688. The molecule has 0 saturated carbocycles. The van der Waals surface area contributed by atoms with Crippen LogP contribution in [-0.2, 0) is 29.1 Å². The molecule has 0 amide bonds. The molecule has 0 aliphatic carbocycles. The Hall–Kier alpha value is -1.14. The van der Waals surface area contributed by atoms with Crippen LogP contribution in [0.15, 0.2) is 12.2 Å². The molecular formula is C11H16F2O8S. The fourth-order valence-electron chi connectivity index (χ4n) is 1.55. The third-order valence-corrected chi connectivity index (χ3v) is 3.55. The Bertz CT molecular complexity index is 542. The molecule has 1 saturated heterocycles. The third-order valence-electron chi connectivity index (χ3n) is 2.67. The molecule has 0 bridgehead atoms. The number of alkyl halides is 2. The number of ether oxygens (including phenoxy) is 3. The van der Waals surface area contributed by atoms with Crippen molar-refractivity contribution >= 4 is 16.1 Å². The number of halogens is 2. The Morgan fingerprint density at radius 2 is 2.14 bits per heavy atom. The molecule has 2 atom stereocenters. The zero-order valence-corrected chi connectivity index (χ0v) is 12.4. The van der Waals surface area contributed by atoms with Crippen molar-refractivity contribution < 1.29 is 45.9 Å². The van der Waals surface area contributed by atoms with E-state index in [9.17, 15) is 27.1 Å². The molecular weight excluding hydrogens is 330 g/mol. The summed E-state index contributed by atoms with van der Waals surface area (Å²) in [6, 6.07) is 0. The van der Waals surface area contributed by atoms with Gasteiger partial charge in [0.1, 0.15) is 12.7 Å². The van der Waals surface area contributed by atoms with Gasteiger partial charge in [-0.3, -0.25) is 4.55 Å². The molecule has 1 aliphatic rings. The van der Waals surface area contributed by atoms with Crippen molar-refractivity contribution in [2.24, 2.45) is 0 Å². The van der Waals surface area contributed by atoms with Gasteiger partial charge in [0.25, 0.3) is 0 Å². The molecule has 128 valence electrons. The molecule has 1 heterocycles. The van der Waals surface area contributed by atoms with Crippen molar-refractivity contribution in [2.45, 2.75) is 30.5 Å². The van der Waals surface area contributed by atoms with Crippen LogP contribution >= 0.6 is 0 Å². The van der Waals surface area contributed by atoms with Crippen LogP contribution in [0.3, 0.4) is 0 Å². The molecule has 1 rings (SSSR count). The van der Waals surface area contributed by atoms with E-state index in [4.69, 9.17) is 14.0 Å². The number of rotatable bonds is 7. The highest BCUT2D eigenvalue weighted by molar-refractivity contribution is 7.86. The van der Waals surface area contributed by atoms with Crippen LogP contribution in [0.2, 0.25) is 0 Å². The maximum atomic E-state index is 12.8. The van der Waals surface area contributed by atoms with E-state index < -0.39 is 46.4 Å². The van der Waals surface area contributed by atoms with Crippen molar-refractivity contribution in [3.8, 4) is 0 Å². The zero-order chi connectivity index (χ0) is 17.2. The lowest BCUT2D eigenvalue weighted by atomic mass is 10.2. The predicted octanol–water partition coefficient (Wildman–Crippen LogP) is 0.0804. The molecule has 0 spiro atoms. The Balaban J connectivity index is 2.38. The van der Waals surface area contributed by atoms with Gasteiger partial charge in [0, 0.05) is 6.42 Å². The van der Waals surface area contributed by atoms with Gasteiger partial charge in [-0.05, 0) is 6.92 Å². The lowest BCUT2D eigenvalue weighted by molar-refractivity contribution is -0.155. The predicted molar refractivity (Wildman–Crippen MR) is 67.5 cm³/mol. The number of aliphatic hydroxyl groups is 1. The fourth-order valence-corrected chi connectivity index (χ4v) is 1.78. The van der Waals surface area contributed by atoms with Crippen LogP contribution < -0.4 is 0 Å². The van der Waals surface area contributed by atoms with Crippen molar-refractivity contribution in [3.63, 3.8) is 0 Å². The maximum absolute atomic E-state index is 12.8. The van der Waals surface area contributed by atoms with Gasteiger partial charge in [0.15, 0.2) is 5.79 Å². The Morgan fingerprint density at radius 3 is 2.59 bits per heavy atom. The number of carbonyl (C=O) groups is 1. The molecule has 0 aromatic heterocycles. The molecule has 1 aliphatic heterocycles. The average Bonchev–Trinajstić information content (AvgIpc) is 2.66. The normalized spacial score (nSPS) is 26.0. The first kappa shape index (κ1) is 18.9. The fraction of sp³-hybridized carbons (Fsp3) is 0.727. The molecule has 0 radical (unpaired) electrons. The van der Waals surface area contributed by atoms with E-state index in [2.05, 4.69) is 11.3 Å². The topological polar surface area (TPSA) is 119 Å². The second kappa shape index (κ2) is 6.54. The number of esters is 1. The molecule has 22 heavy (non-hydrogen) atoms. The Labute approximate surface area is 125 Å². The highest BCUT2D eigenvalue weighted by Gasteiger charge is 2.44. The van der Waals surface area contributed by atoms with Gasteiger partial charge in [-0.15, -0.1) is 0 Å². The summed E-state index contributed by atoms with van der Waals surface area (Å²) in [4.78, 5) is 11.6. The highest BCUT2D eigenvalue weighted by Crippen LogP contribution is 2.25. The molecule has 0 aromatic rings. The second-order valence-electron chi connectivity index (χ2n) is 4.93. The summed E-state index contributed by atoms with van der Waals surface area (Å²) in [7, 11) is -5.60. The second-order valence-corrected chi connectivity index (χ2v) is 6.47. The summed E-state index contributed by atoms with van der Waals surface area (Å²) >= 11 is 0. The van der Waals surface area contributed by atoms with Crippen LogP contribution in [0.25, 0.3) is 0 Å². The van der Waals surface area contributed by atoms with E-state index in [0.29, 0.717) is 0 Å². The first-order valence-electron chi connectivity index (χ1n) is 6.02. The van der Waals surface area contributed by atoms with Crippen LogP contribution in [0.5, 0.6) is 0 Å². The largest absolute Gasteiger partial charge is 0.456 e. The van der Waals surface area contributed by atoms with E-state index in [-0.39, 0.29) is 18.6 Å². The van der Waals surface area contributed by atoms with E-state index in [1.807, 2.05) is 0 Å². The van der Waals surface area contributed by atoms with Crippen LogP contribution in [0, 0.1) is 0 Å². The minimum Gasteiger partial charge on any atom is -0.456 e. The van der Waals surface area contributed by atoms with E-state index in [1.54, 1.807) is 0 Å². The van der Waals surface area contributed by atoms with Crippen LogP contribution in [0.1, 0.15) is 13.3 Å². The van der Waals surface area contributed by atoms with Crippen molar-refractivity contribution in [2.75, 3.05) is 19.8 Å². The van der Waals surface area contributed by atoms with E-state index >= 15 is 0 Å². The van der Waals surface area contributed by atoms with Crippen LogP contribution in [-0.4, -0.2) is 61.0 Å². The van der Waals surface area contributed by atoms with Gasteiger partial charge in [0.2, 0.25) is 0 Å². The summed E-state index contributed by atoms with van der Waals surface area (Å²) in [5, 5.41) is 5.01. The quantitative estimate of drug-likeness (QED) is 0.378. The van der Waals surface area contributed by atoms with E-state index in [0.717, 1.165) is 0 Å². The van der Waals surface area contributed by atoms with Crippen molar-refractivity contribution in [3.05, 3.63) is 12.2 Å². The highest BCUT2D eigenvalue weighted by atomic mass is 32.2. The lowest BCUT2D eigenvalue weighted by Crippen LogP contribution is -2.34. The number of hydrogen-bond acceptors (Lipinski definition) is 7. The molecule has 2 unspecified atom stereocenters. The Morgan fingerprint density at radius 1 is 1.55 bits per heavy atom. The first-order valence-corrected chi connectivity index (χ1v) is 7.46. The average molecular weight is 346 g/mol. The van der Waals surface area contributed by atoms with E-state index in [1.165, 1.54) is 6.92 Å². The standard InChI is InChI=1S/C11H16F2O8S/c1-7(4-19-6-11(12,13)22(16,17)18)9(14)21-8-3-10(2,15)20-5-8/h8,15H,1,3-6H2,2H3,(H,16,17,18). The monoisotopic (exact) mass is 346 g/mol. The van der Waals surface area contributed by atoms with Crippen molar-refractivity contribution in [1.29, 1.82) is 0 Å². The van der Waals surface area contributed by atoms with Gasteiger partial charge in [-0.1, -0.05) is 6.58 Å². The number of carbonyl (C=O) groups excluding carboxylic acids is 1. The molecule has 11 heteroatoms. The molecule has 0 aromatic carbocycles. The molecule has 1 fully saturated rings. The SMILES string of the molecule is C=C(COCC(F)(F)S(=O)(=O)O)C(=O)OC1COC(C)(O)C1. The van der Waals surface area contributed by atoms with Gasteiger partial charge in [0.05, 0.1) is 18.8 Å².